The van der Waals surface area contributed by atoms with E-state index in [1.54, 1.807) is 0 Å². The van der Waals surface area contributed by atoms with Crippen LogP contribution in [0.1, 0.15) is 40.5 Å². The molecule has 0 spiro atoms. The zero-order valence-electron chi connectivity index (χ0n) is 14.2. The highest BCUT2D eigenvalue weighted by atomic mass is 19.4. The molecule has 0 aromatic heterocycles. The molecule has 0 unspecified atom stereocenters. The van der Waals surface area contributed by atoms with E-state index in [2.05, 4.69) is 4.74 Å². The number of hydrogen-bond acceptors (Lipinski definition) is 2. The Kier molecular flexibility index (Phi) is 4.62. The van der Waals surface area contributed by atoms with Gasteiger partial charge >= 0.3 is 24.1 Å². The third-order valence-corrected chi connectivity index (χ3v) is 3.60. The molecular formula is C13H18F9NO. The van der Waals surface area contributed by atoms with Gasteiger partial charge in [-0.05, 0) is 40.5 Å². The molecule has 24 heavy (non-hydrogen) atoms. The number of ether oxygens (including phenoxy) is 1. The first-order chi connectivity index (χ1) is 10.7. The summed E-state index contributed by atoms with van der Waals surface area (Å²) in [7, 11) is 0. The first kappa shape index (κ1) is 19.6. The molecule has 0 radical (unpaired) electrons. The lowest BCUT2D eigenvalue weighted by atomic mass is 9.80. The lowest BCUT2D eigenvalue weighted by molar-refractivity contribution is -0.466. The number of alkyl halides is 9. The molecule has 1 aliphatic rings. The van der Waals surface area contributed by atoms with Crippen molar-refractivity contribution in [1.82, 2.24) is 5.31 Å². The zero-order valence-corrected chi connectivity index (χ0v) is 13.2. The molecule has 0 aromatic carbocycles. The monoisotopic (exact) mass is 376 g/mol. The summed E-state index contributed by atoms with van der Waals surface area (Å²) in [6, 6.07) is 0. The molecule has 0 atom stereocenters. The molecule has 144 valence electrons. The van der Waals surface area contributed by atoms with Gasteiger partial charge in [0.25, 0.3) is 0 Å². The summed E-state index contributed by atoms with van der Waals surface area (Å²) >= 11 is 0. The van der Waals surface area contributed by atoms with Crippen molar-refractivity contribution in [2.45, 2.75) is 81.8 Å². The van der Waals surface area contributed by atoms with E-state index in [0.29, 0.717) is 0 Å². The van der Waals surface area contributed by atoms with Crippen LogP contribution in [0, 0.1) is 0 Å². The summed E-state index contributed by atoms with van der Waals surface area (Å²) in [4.78, 5) is 0. The van der Waals surface area contributed by atoms with Crippen LogP contribution in [0.25, 0.3) is 0 Å². The molecule has 0 bridgehead atoms. The van der Waals surface area contributed by atoms with Gasteiger partial charge in [0.05, 0.1) is 6.10 Å². The van der Waals surface area contributed by atoms with Crippen LogP contribution >= 0.6 is 0 Å². The van der Waals surface area contributed by atoms with E-state index in [1.165, 1.54) is 27.7 Å². The number of rotatable bonds is 2. The van der Waals surface area contributed by atoms with Gasteiger partial charge in [-0.1, -0.05) is 0 Å². The molecule has 0 amide bonds. The average Bonchev–Trinajstić information content (AvgIpc) is 2.27. The third kappa shape index (κ3) is 3.92. The lowest BCUT2D eigenvalue weighted by Gasteiger charge is -2.49. The van der Waals surface area contributed by atoms with Crippen LogP contribution in [-0.2, 0) is 4.74 Å². The number of nitrogens with one attached hydrogen (secondary N) is 1. The molecule has 0 aromatic rings. The minimum absolute atomic E-state index is 0.607. The van der Waals surface area contributed by atoms with Crippen LogP contribution < -0.4 is 5.31 Å². The first-order valence-electron chi connectivity index (χ1n) is 7.31. The molecular weight excluding hydrogens is 357 g/mol. The predicted molar refractivity (Wildman–Crippen MR) is 66.3 cm³/mol. The van der Waals surface area contributed by atoms with E-state index in [0.717, 1.165) is 5.31 Å². The quantitative estimate of drug-likeness (QED) is 0.703. The first-order valence-corrected chi connectivity index (χ1v) is 6.86. The molecule has 0 aliphatic carbocycles. The summed E-state index contributed by atoms with van der Waals surface area (Å²) in [6.45, 7) is 5.31. The van der Waals surface area contributed by atoms with Crippen molar-refractivity contribution < 1.29 is 45.7 Å². The Bertz CT molecular complexity index is 441. The number of hydrogen-bond donors (Lipinski definition) is 1. The fourth-order valence-corrected chi connectivity index (χ4v) is 3.11. The van der Waals surface area contributed by atoms with Crippen LogP contribution in [-0.4, -0.2) is 41.3 Å². The van der Waals surface area contributed by atoms with Crippen LogP contribution in [0.3, 0.4) is 0 Å². The largest absolute Gasteiger partial charge is 0.435 e. The van der Waals surface area contributed by atoms with Crippen molar-refractivity contribution in [3.05, 3.63) is 0 Å². The molecule has 1 rings (SSSR count). The van der Waals surface area contributed by atoms with E-state index in [4.69, 9.17) is 1.41 Å². The van der Waals surface area contributed by atoms with E-state index in [-0.39, 0.29) is 0 Å². The standard InChI is InChI=1S/C13H18F9NO/c1-8(2)5-7(6-9(3,4)23-8)24-10(11(14,15)16,12(17,18)19)13(20,21)22/h7,23H,5-6H2,1-4H3/i/hD. The van der Waals surface area contributed by atoms with E-state index in [9.17, 15) is 39.5 Å². The van der Waals surface area contributed by atoms with Gasteiger partial charge in [-0.15, -0.1) is 0 Å². The van der Waals surface area contributed by atoms with Crippen molar-refractivity contribution >= 4 is 0 Å². The normalized spacial score (nSPS) is 24.8. The van der Waals surface area contributed by atoms with E-state index >= 15 is 0 Å². The summed E-state index contributed by atoms with van der Waals surface area (Å²) in [6.07, 6.45) is -23.5. The van der Waals surface area contributed by atoms with Crippen LogP contribution in [0.15, 0.2) is 0 Å². The Morgan fingerprint density at radius 1 is 0.792 bits per heavy atom. The van der Waals surface area contributed by atoms with Crippen molar-refractivity contribution in [2.24, 2.45) is 0 Å². The highest BCUT2D eigenvalue weighted by molar-refractivity contribution is 5.05. The maximum atomic E-state index is 13.0. The van der Waals surface area contributed by atoms with E-state index < -0.39 is 54.2 Å². The van der Waals surface area contributed by atoms with Gasteiger partial charge in [-0.2, -0.15) is 39.5 Å². The molecule has 11 heteroatoms. The van der Waals surface area contributed by atoms with Gasteiger partial charge in [0.2, 0.25) is 0 Å². The summed E-state index contributed by atoms with van der Waals surface area (Å²) in [5.74, 6) is 0. The van der Waals surface area contributed by atoms with Gasteiger partial charge in [-0.25, -0.2) is 0 Å². The lowest BCUT2D eigenvalue weighted by Crippen LogP contribution is -2.70. The summed E-state index contributed by atoms with van der Waals surface area (Å²) in [5, 5.41) is 0.941. The predicted octanol–water partition coefficient (Wildman–Crippen LogP) is 4.74. The van der Waals surface area contributed by atoms with Crippen LogP contribution in [0.2, 0.25) is 1.41 Å². The van der Waals surface area contributed by atoms with Crippen molar-refractivity contribution in [3.8, 4) is 0 Å². The zero-order chi connectivity index (χ0) is 20.3. The Labute approximate surface area is 134 Å². The van der Waals surface area contributed by atoms with Gasteiger partial charge < -0.3 is 10.0 Å². The Morgan fingerprint density at radius 2 is 1.08 bits per heavy atom. The Hall–Kier alpha value is -0.710. The summed E-state index contributed by atoms with van der Waals surface area (Å²) < 4.78 is 128. The number of piperidine rings is 1. The highest BCUT2D eigenvalue weighted by Crippen LogP contribution is 2.56. The number of halogens is 9. The smallest absolute Gasteiger partial charge is 0.348 e. The highest BCUT2D eigenvalue weighted by Gasteiger charge is 2.86. The van der Waals surface area contributed by atoms with Gasteiger partial charge in [0.1, 0.15) is 1.41 Å². The van der Waals surface area contributed by atoms with Crippen molar-refractivity contribution in [1.29, 1.82) is 0 Å². The topological polar surface area (TPSA) is 21.3 Å². The minimum atomic E-state index is -6.75. The minimum Gasteiger partial charge on any atom is -0.348 e. The van der Waals surface area contributed by atoms with E-state index in [1.807, 2.05) is 0 Å². The maximum Gasteiger partial charge on any atom is 0.435 e. The molecule has 1 saturated heterocycles. The Morgan fingerprint density at radius 3 is 1.33 bits per heavy atom. The SMILES string of the molecule is [2H]N1C(C)(C)CC(OC(C(F)(F)F)(C(F)(F)F)C(F)(F)F)CC1(C)C. The molecule has 1 aliphatic heterocycles. The summed E-state index contributed by atoms with van der Waals surface area (Å²) in [5.41, 5.74) is -8.87. The van der Waals surface area contributed by atoms with Crippen LogP contribution in [0.5, 0.6) is 0 Å². The molecule has 0 saturated carbocycles. The van der Waals surface area contributed by atoms with Crippen LogP contribution in [0.4, 0.5) is 39.5 Å². The fourth-order valence-electron chi connectivity index (χ4n) is 3.11. The second kappa shape index (κ2) is 5.65. The molecule has 1 N–H and O–H groups in total. The van der Waals surface area contributed by atoms with Gasteiger partial charge in [-0.3, -0.25) is 0 Å². The molecule has 1 fully saturated rings. The van der Waals surface area contributed by atoms with Crippen molar-refractivity contribution in [3.63, 3.8) is 0 Å². The Balaban J connectivity index is 3.42. The van der Waals surface area contributed by atoms with Crippen molar-refractivity contribution in [2.75, 3.05) is 0 Å². The van der Waals surface area contributed by atoms with Gasteiger partial charge in [0, 0.05) is 11.1 Å². The fraction of sp³-hybridized carbons (Fsp3) is 1.00. The van der Waals surface area contributed by atoms with Gasteiger partial charge in [0.15, 0.2) is 0 Å². The second-order valence-corrected chi connectivity index (χ2v) is 7.06. The third-order valence-electron chi connectivity index (χ3n) is 3.60. The molecule has 1 heterocycles. The maximum absolute atomic E-state index is 13.0. The second-order valence-electron chi connectivity index (χ2n) is 7.06. The average molecular weight is 376 g/mol. The molecule has 2 nitrogen and oxygen atoms in total.